The second kappa shape index (κ2) is 11.3. The summed E-state index contributed by atoms with van der Waals surface area (Å²) in [5.74, 6) is 1.31. The summed E-state index contributed by atoms with van der Waals surface area (Å²) < 4.78 is 15.5. The number of rotatable bonds is 7. The highest BCUT2D eigenvalue weighted by atomic mass is 35.5. The molecule has 0 aliphatic carbocycles. The van der Waals surface area contributed by atoms with Crippen LogP contribution in [0.5, 0.6) is 11.5 Å². The van der Waals surface area contributed by atoms with Gasteiger partial charge in [0.05, 0.1) is 20.8 Å². The van der Waals surface area contributed by atoms with E-state index in [0.717, 1.165) is 36.7 Å². The fraction of sp³-hybridized carbons (Fsp3) is 0.562. The third-order valence-electron chi connectivity index (χ3n) is 3.92. The van der Waals surface area contributed by atoms with Crippen molar-refractivity contribution in [3.05, 3.63) is 18.2 Å². The van der Waals surface area contributed by atoms with Gasteiger partial charge in [0.15, 0.2) is 0 Å². The van der Waals surface area contributed by atoms with Crippen LogP contribution in [0.3, 0.4) is 0 Å². The van der Waals surface area contributed by atoms with Gasteiger partial charge in [-0.15, -0.1) is 24.8 Å². The number of carbonyl (C=O) groups is 1. The Morgan fingerprint density at radius 2 is 1.84 bits per heavy atom. The van der Waals surface area contributed by atoms with E-state index in [9.17, 15) is 4.79 Å². The molecular formula is C16H27Cl2N3O4. The topological polar surface area (TPSA) is 86.0 Å². The molecule has 0 aromatic heterocycles. The van der Waals surface area contributed by atoms with Gasteiger partial charge in [0.25, 0.3) is 0 Å². The first-order valence-electron chi connectivity index (χ1n) is 7.60. The first kappa shape index (κ1) is 23.6. The quantitative estimate of drug-likeness (QED) is 0.721. The van der Waals surface area contributed by atoms with E-state index in [1.54, 1.807) is 14.2 Å². The predicted molar refractivity (Wildman–Crippen MR) is 103 cm³/mol. The number of anilines is 1. The van der Waals surface area contributed by atoms with E-state index in [1.807, 2.05) is 18.2 Å². The third kappa shape index (κ3) is 6.43. The van der Waals surface area contributed by atoms with Crippen molar-refractivity contribution in [1.82, 2.24) is 5.32 Å². The molecule has 1 fully saturated rings. The third-order valence-corrected chi connectivity index (χ3v) is 3.92. The second-order valence-electron chi connectivity index (χ2n) is 5.57. The molecular weight excluding hydrogens is 369 g/mol. The molecule has 1 aliphatic rings. The highest BCUT2D eigenvalue weighted by molar-refractivity contribution is 5.85. The maximum absolute atomic E-state index is 12.0. The van der Waals surface area contributed by atoms with Crippen LogP contribution in [0.25, 0.3) is 0 Å². The number of methoxy groups -OCH3 is 3. The van der Waals surface area contributed by atoms with Gasteiger partial charge >= 0.3 is 0 Å². The van der Waals surface area contributed by atoms with Gasteiger partial charge in [0.2, 0.25) is 5.91 Å². The summed E-state index contributed by atoms with van der Waals surface area (Å²) in [6.45, 7) is 1.79. The molecule has 1 saturated heterocycles. The summed E-state index contributed by atoms with van der Waals surface area (Å²) in [4.78, 5) is 14.2. The molecule has 3 N–H and O–H groups in total. The van der Waals surface area contributed by atoms with Gasteiger partial charge in [-0.05, 0) is 6.42 Å². The van der Waals surface area contributed by atoms with Crippen molar-refractivity contribution in [1.29, 1.82) is 0 Å². The smallest absolute Gasteiger partial charge is 0.239 e. The van der Waals surface area contributed by atoms with Gasteiger partial charge in [0, 0.05) is 50.1 Å². The van der Waals surface area contributed by atoms with Crippen molar-refractivity contribution < 1.29 is 19.0 Å². The molecule has 7 nitrogen and oxygen atoms in total. The number of amides is 1. The Bertz CT molecular complexity index is 526. The number of nitrogens with two attached hydrogens (primary N) is 1. The Labute approximate surface area is 161 Å². The molecule has 1 amide bonds. The zero-order chi connectivity index (χ0) is 16.8. The minimum absolute atomic E-state index is 0. The molecule has 2 unspecified atom stereocenters. The minimum atomic E-state index is -0.633. The number of benzene rings is 1. The Balaban J connectivity index is 0.00000288. The number of hydrogen-bond acceptors (Lipinski definition) is 6. The normalized spacial score (nSPS) is 17.1. The first-order valence-corrected chi connectivity index (χ1v) is 7.60. The lowest BCUT2D eigenvalue weighted by atomic mass is 10.2. The lowest BCUT2D eigenvalue weighted by molar-refractivity contribution is -0.124. The van der Waals surface area contributed by atoms with Crippen LogP contribution in [0.15, 0.2) is 18.2 Å². The summed E-state index contributed by atoms with van der Waals surface area (Å²) in [6, 6.07) is 5.20. The fourth-order valence-corrected chi connectivity index (χ4v) is 2.65. The molecule has 0 saturated carbocycles. The van der Waals surface area contributed by atoms with E-state index in [-0.39, 0.29) is 43.4 Å². The summed E-state index contributed by atoms with van der Waals surface area (Å²) in [5, 5.41) is 2.97. The molecule has 2 atom stereocenters. The van der Waals surface area contributed by atoms with Gasteiger partial charge in [-0.2, -0.15) is 0 Å². The molecule has 2 rings (SSSR count). The molecule has 9 heteroatoms. The number of nitrogens with one attached hydrogen (secondary N) is 1. The molecule has 144 valence electrons. The highest BCUT2D eigenvalue weighted by Crippen LogP contribution is 2.30. The number of hydrogen-bond donors (Lipinski definition) is 2. The standard InChI is InChI=1S/C16H25N3O4.2ClH/c1-21-10-15(17)16(20)18-11-4-5-19(9-11)12-6-13(22-2)8-14(7-12)23-3;;/h6-8,11,15H,4-5,9-10,17H2,1-3H3,(H,18,20);2*1H. The SMILES string of the molecule is COCC(N)C(=O)NC1CCN(c2cc(OC)cc(OC)c2)C1.Cl.Cl. The fourth-order valence-electron chi connectivity index (χ4n) is 2.65. The number of ether oxygens (including phenoxy) is 3. The van der Waals surface area contributed by atoms with Gasteiger partial charge < -0.3 is 30.2 Å². The van der Waals surface area contributed by atoms with Crippen LogP contribution in [-0.4, -0.2) is 59.0 Å². The average Bonchev–Trinajstić information content (AvgIpc) is 3.03. The highest BCUT2D eigenvalue weighted by Gasteiger charge is 2.26. The lowest BCUT2D eigenvalue weighted by Gasteiger charge is -2.21. The first-order chi connectivity index (χ1) is 11.1. The molecule has 0 radical (unpaired) electrons. The van der Waals surface area contributed by atoms with Gasteiger partial charge in [-0.3, -0.25) is 4.79 Å². The Morgan fingerprint density at radius 3 is 2.36 bits per heavy atom. The summed E-state index contributed by atoms with van der Waals surface area (Å²) in [7, 11) is 4.78. The van der Waals surface area contributed by atoms with Crippen molar-refractivity contribution in [3.63, 3.8) is 0 Å². The van der Waals surface area contributed by atoms with Crippen LogP contribution < -0.4 is 25.4 Å². The number of halogens is 2. The largest absolute Gasteiger partial charge is 0.497 e. The zero-order valence-corrected chi connectivity index (χ0v) is 16.3. The summed E-state index contributed by atoms with van der Waals surface area (Å²) in [5.41, 5.74) is 6.76. The van der Waals surface area contributed by atoms with Gasteiger partial charge in [-0.25, -0.2) is 0 Å². The van der Waals surface area contributed by atoms with E-state index < -0.39 is 6.04 Å². The van der Waals surface area contributed by atoms with Crippen molar-refractivity contribution in [2.45, 2.75) is 18.5 Å². The number of carbonyl (C=O) groups excluding carboxylic acids is 1. The second-order valence-corrected chi connectivity index (χ2v) is 5.57. The average molecular weight is 396 g/mol. The Kier molecular flexibility index (Phi) is 10.6. The lowest BCUT2D eigenvalue weighted by Crippen LogP contribution is -2.48. The molecule has 1 aromatic carbocycles. The van der Waals surface area contributed by atoms with Crippen LogP contribution in [0.2, 0.25) is 0 Å². The van der Waals surface area contributed by atoms with E-state index in [4.69, 9.17) is 19.9 Å². The van der Waals surface area contributed by atoms with Gasteiger partial charge in [0.1, 0.15) is 17.5 Å². The summed E-state index contributed by atoms with van der Waals surface area (Å²) in [6.07, 6.45) is 0.866. The van der Waals surface area contributed by atoms with E-state index >= 15 is 0 Å². The molecule has 1 aromatic rings. The molecule has 0 bridgehead atoms. The zero-order valence-electron chi connectivity index (χ0n) is 14.7. The summed E-state index contributed by atoms with van der Waals surface area (Å²) >= 11 is 0. The maximum Gasteiger partial charge on any atom is 0.239 e. The van der Waals surface area contributed by atoms with Crippen molar-refractivity contribution in [3.8, 4) is 11.5 Å². The van der Waals surface area contributed by atoms with E-state index in [2.05, 4.69) is 10.2 Å². The van der Waals surface area contributed by atoms with Crippen LogP contribution in [0, 0.1) is 0 Å². The van der Waals surface area contributed by atoms with E-state index in [1.165, 1.54) is 7.11 Å². The Hall–Kier alpha value is -1.41. The monoisotopic (exact) mass is 395 g/mol. The van der Waals surface area contributed by atoms with Crippen LogP contribution in [0.4, 0.5) is 5.69 Å². The number of nitrogens with zero attached hydrogens (tertiary/aromatic N) is 1. The molecule has 1 aliphatic heterocycles. The Morgan fingerprint density at radius 1 is 1.24 bits per heavy atom. The van der Waals surface area contributed by atoms with Crippen molar-refractivity contribution in [2.75, 3.05) is 45.9 Å². The van der Waals surface area contributed by atoms with Gasteiger partial charge in [-0.1, -0.05) is 0 Å². The molecule has 0 spiro atoms. The van der Waals surface area contributed by atoms with Crippen LogP contribution in [0.1, 0.15) is 6.42 Å². The van der Waals surface area contributed by atoms with Crippen LogP contribution >= 0.6 is 24.8 Å². The molecule has 1 heterocycles. The van der Waals surface area contributed by atoms with E-state index in [0.29, 0.717) is 0 Å². The maximum atomic E-state index is 12.0. The molecule has 25 heavy (non-hydrogen) atoms. The van der Waals surface area contributed by atoms with Crippen molar-refractivity contribution >= 4 is 36.4 Å². The minimum Gasteiger partial charge on any atom is -0.497 e. The predicted octanol–water partition coefficient (Wildman–Crippen LogP) is 1.22. The van der Waals surface area contributed by atoms with Crippen LogP contribution in [-0.2, 0) is 9.53 Å². The van der Waals surface area contributed by atoms with Crippen molar-refractivity contribution in [2.24, 2.45) is 5.73 Å².